The number of benzene rings is 3. The van der Waals surface area contributed by atoms with E-state index >= 15 is 8.78 Å². The number of thiazole rings is 1. The second-order valence-electron chi connectivity index (χ2n) is 14.0. The molecule has 3 aromatic carbocycles. The number of nitrogens with zero attached hydrogens (tertiary/aromatic N) is 6. The van der Waals surface area contributed by atoms with Crippen molar-refractivity contribution in [1.29, 1.82) is 0 Å². The van der Waals surface area contributed by atoms with Crippen molar-refractivity contribution in [2.24, 2.45) is 0 Å². The smallest absolute Gasteiger partial charge is 0.319 e. The number of hydrogen-bond acceptors (Lipinski definition) is 8. The van der Waals surface area contributed by atoms with Gasteiger partial charge in [0, 0.05) is 65.1 Å². The minimum Gasteiger partial charge on any atom is -0.461 e. The van der Waals surface area contributed by atoms with Crippen molar-refractivity contribution in [3.63, 3.8) is 0 Å². The summed E-state index contributed by atoms with van der Waals surface area (Å²) in [5.74, 6) is -1.55. The lowest BCUT2D eigenvalue weighted by Gasteiger charge is -2.41. The molecule has 4 saturated heterocycles. The third-order valence-electron chi connectivity index (χ3n) is 11.1. The first-order valence-electron chi connectivity index (χ1n) is 17.3. The Morgan fingerprint density at radius 3 is 2.65 bits per heavy atom. The molecule has 2 bridgehead atoms. The lowest BCUT2D eigenvalue weighted by atomic mass is 9.95. The number of piperazine rings is 1. The molecule has 0 unspecified atom stereocenters. The zero-order valence-corrected chi connectivity index (χ0v) is 29.1. The Kier molecular flexibility index (Phi) is 8.16. The number of amides is 1. The Labute approximate surface area is 301 Å². The SMILES string of the molecule is O=C(/C(F)=C/c1nccs1)N1[C@@H]2CC[C@H]1CN(c1nc(OC[C@@]34CCCN3C[C@H](F)C4)nc3c(F)c(-c4cccc5cccc(Cl)c45)ccc13)C2. The van der Waals surface area contributed by atoms with Crippen LogP contribution in [0.25, 0.3) is 38.9 Å². The van der Waals surface area contributed by atoms with Gasteiger partial charge in [0.2, 0.25) is 0 Å². The Morgan fingerprint density at radius 2 is 1.86 bits per heavy atom. The van der Waals surface area contributed by atoms with E-state index in [9.17, 15) is 9.18 Å². The lowest BCUT2D eigenvalue weighted by Crippen LogP contribution is -2.56. The topological polar surface area (TPSA) is 74.7 Å². The van der Waals surface area contributed by atoms with Crippen LogP contribution in [-0.2, 0) is 4.79 Å². The second kappa shape index (κ2) is 12.8. The molecule has 4 atom stereocenters. The molecule has 0 aliphatic carbocycles. The fourth-order valence-corrected chi connectivity index (χ4v) is 9.65. The minimum atomic E-state index is -0.926. The normalized spacial score (nSPS) is 24.9. The van der Waals surface area contributed by atoms with Gasteiger partial charge in [0.05, 0.1) is 17.6 Å². The fraction of sp³-hybridized carbons (Fsp3) is 0.368. The lowest BCUT2D eigenvalue weighted by molar-refractivity contribution is -0.131. The summed E-state index contributed by atoms with van der Waals surface area (Å²) in [5, 5.41) is 4.79. The van der Waals surface area contributed by atoms with Crippen LogP contribution in [0.5, 0.6) is 6.01 Å². The highest BCUT2D eigenvalue weighted by atomic mass is 35.5. The molecule has 4 aliphatic rings. The van der Waals surface area contributed by atoms with Gasteiger partial charge >= 0.3 is 6.01 Å². The van der Waals surface area contributed by atoms with Gasteiger partial charge in [0.25, 0.3) is 5.91 Å². The third kappa shape index (κ3) is 5.62. The highest BCUT2D eigenvalue weighted by molar-refractivity contribution is 7.10. The molecule has 8 nitrogen and oxygen atoms in total. The number of rotatable bonds is 7. The molecule has 0 saturated carbocycles. The van der Waals surface area contributed by atoms with Crippen LogP contribution in [0, 0.1) is 5.82 Å². The van der Waals surface area contributed by atoms with Crippen LogP contribution < -0.4 is 9.64 Å². The van der Waals surface area contributed by atoms with Crippen LogP contribution in [0.1, 0.15) is 37.1 Å². The minimum absolute atomic E-state index is 0.0105. The number of ether oxygens (including phenoxy) is 1. The largest absolute Gasteiger partial charge is 0.461 e. The number of anilines is 1. The van der Waals surface area contributed by atoms with Crippen LogP contribution in [0.2, 0.25) is 5.02 Å². The molecule has 0 spiro atoms. The van der Waals surface area contributed by atoms with Crippen LogP contribution in [0.4, 0.5) is 19.0 Å². The van der Waals surface area contributed by atoms with Gasteiger partial charge in [-0.1, -0.05) is 48.0 Å². The maximum absolute atomic E-state index is 17.0. The first-order valence-corrected chi connectivity index (χ1v) is 18.6. The Balaban J connectivity index is 1.10. The van der Waals surface area contributed by atoms with E-state index in [1.165, 1.54) is 17.4 Å². The zero-order valence-electron chi connectivity index (χ0n) is 27.6. The molecule has 4 aliphatic heterocycles. The van der Waals surface area contributed by atoms with Gasteiger partial charge < -0.3 is 14.5 Å². The van der Waals surface area contributed by atoms with E-state index in [0.717, 1.165) is 30.2 Å². The van der Waals surface area contributed by atoms with Gasteiger partial charge in [-0.2, -0.15) is 9.97 Å². The van der Waals surface area contributed by atoms with Gasteiger partial charge in [-0.05, 0) is 55.3 Å². The standard InChI is InChI=1S/C38H34ClF3N6O2S/c39-29-7-2-5-22-4-1-6-26(32(22)29)27-10-11-28-34(33(27)42)44-37(50-21-38-12-3-14-47(38)18-23(40)17-38)45-35(28)46-19-24-8-9-25(20-46)48(24)36(49)30(41)16-31-43-13-15-51-31/h1-2,4-7,10-11,13,15-16,23-25H,3,8-9,12,14,17-21H2/b30-16-/t23-,24-,25+,38+/m1/s1. The molecule has 0 N–H and O–H groups in total. The first-order chi connectivity index (χ1) is 24.8. The van der Waals surface area contributed by atoms with Crippen molar-refractivity contribution < 1.29 is 22.7 Å². The van der Waals surface area contributed by atoms with Gasteiger partial charge in [-0.15, -0.1) is 11.3 Å². The number of alkyl halides is 1. The summed E-state index contributed by atoms with van der Waals surface area (Å²) in [6, 6.07) is 14.3. The molecule has 5 aromatic rings. The number of carbonyl (C=O) groups excluding carboxylic acids is 1. The van der Waals surface area contributed by atoms with Gasteiger partial charge in [0.15, 0.2) is 11.6 Å². The van der Waals surface area contributed by atoms with Crippen LogP contribution >= 0.6 is 22.9 Å². The van der Waals surface area contributed by atoms with Crippen LogP contribution in [0.3, 0.4) is 0 Å². The Morgan fingerprint density at radius 1 is 1.06 bits per heavy atom. The molecule has 6 heterocycles. The van der Waals surface area contributed by atoms with Crippen LogP contribution in [0.15, 0.2) is 65.9 Å². The van der Waals surface area contributed by atoms with E-state index in [4.69, 9.17) is 21.3 Å². The van der Waals surface area contributed by atoms with Crippen molar-refractivity contribution in [3.8, 4) is 17.1 Å². The maximum Gasteiger partial charge on any atom is 0.319 e. The molecule has 9 rings (SSSR count). The highest BCUT2D eigenvalue weighted by Gasteiger charge is 2.50. The van der Waals surface area contributed by atoms with E-state index in [1.807, 2.05) is 41.3 Å². The van der Waals surface area contributed by atoms with Gasteiger partial charge in [0.1, 0.15) is 29.1 Å². The van der Waals surface area contributed by atoms with Crippen molar-refractivity contribution in [3.05, 3.63) is 81.8 Å². The van der Waals surface area contributed by atoms with Crippen LogP contribution in [-0.4, -0.2) is 87.2 Å². The number of carbonyl (C=O) groups is 1. The van der Waals surface area contributed by atoms with E-state index in [-0.39, 0.29) is 30.2 Å². The number of fused-ring (bicyclic) bond motifs is 5. The Hall–Kier alpha value is -4.26. The zero-order chi connectivity index (χ0) is 34.9. The predicted octanol–water partition coefficient (Wildman–Crippen LogP) is 7.84. The molecule has 4 fully saturated rings. The van der Waals surface area contributed by atoms with E-state index < -0.39 is 29.3 Å². The van der Waals surface area contributed by atoms with Crippen molar-refractivity contribution >= 4 is 62.4 Å². The average Bonchev–Trinajstić information content (AvgIpc) is 3.90. The predicted molar refractivity (Wildman–Crippen MR) is 193 cm³/mol. The number of hydrogen-bond donors (Lipinski definition) is 0. The van der Waals surface area contributed by atoms with Gasteiger partial charge in [-0.3, -0.25) is 9.69 Å². The summed E-state index contributed by atoms with van der Waals surface area (Å²) in [6.07, 6.45) is 5.37. The van der Waals surface area contributed by atoms with Crippen molar-refractivity contribution in [2.75, 3.05) is 37.7 Å². The average molecular weight is 731 g/mol. The quantitative estimate of drug-likeness (QED) is 0.158. The summed E-state index contributed by atoms with van der Waals surface area (Å²) in [6.45, 7) is 2.13. The molecule has 0 radical (unpaired) electrons. The number of halogens is 4. The molecule has 2 aromatic heterocycles. The van der Waals surface area contributed by atoms with E-state index in [0.29, 0.717) is 71.3 Å². The van der Waals surface area contributed by atoms with E-state index in [2.05, 4.69) is 14.9 Å². The Bertz CT molecular complexity index is 2180. The summed E-state index contributed by atoms with van der Waals surface area (Å²) in [7, 11) is 0. The van der Waals surface area contributed by atoms with Crippen molar-refractivity contribution in [2.45, 2.75) is 55.9 Å². The summed E-state index contributed by atoms with van der Waals surface area (Å²) >= 11 is 7.91. The molecular weight excluding hydrogens is 697 g/mol. The highest BCUT2D eigenvalue weighted by Crippen LogP contribution is 2.43. The fourth-order valence-electron chi connectivity index (χ4n) is 8.81. The van der Waals surface area contributed by atoms with Crippen molar-refractivity contribution in [1.82, 2.24) is 24.8 Å². The molecule has 51 heavy (non-hydrogen) atoms. The monoisotopic (exact) mass is 730 g/mol. The third-order valence-corrected chi connectivity index (χ3v) is 12.1. The van der Waals surface area contributed by atoms with E-state index in [1.54, 1.807) is 28.6 Å². The molecule has 1 amide bonds. The summed E-state index contributed by atoms with van der Waals surface area (Å²) in [4.78, 5) is 32.8. The second-order valence-corrected chi connectivity index (χ2v) is 15.4. The molecular formula is C38H34ClF3N6O2S. The van der Waals surface area contributed by atoms with Gasteiger partial charge in [-0.25, -0.2) is 18.2 Å². The molecule has 13 heteroatoms. The molecule has 262 valence electrons. The number of aromatic nitrogens is 3. The summed E-state index contributed by atoms with van der Waals surface area (Å²) in [5.41, 5.74) is 0.625. The maximum atomic E-state index is 17.0. The first kappa shape index (κ1) is 32.6. The summed E-state index contributed by atoms with van der Waals surface area (Å²) < 4.78 is 53.0.